The Bertz CT molecular complexity index is 114. The van der Waals surface area contributed by atoms with Crippen LogP contribution in [-0.4, -0.2) is 11.9 Å². The van der Waals surface area contributed by atoms with Crippen LogP contribution in [0.4, 0.5) is 0 Å². The fraction of sp³-hybridized carbons (Fsp3) is 0.500. The summed E-state index contributed by atoms with van der Waals surface area (Å²) in [6.07, 6.45) is 5.22. The molecule has 52 valence electrons. The van der Waals surface area contributed by atoms with Crippen molar-refractivity contribution in [2.75, 3.05) is 7.05 Å². The van der Waals surface area contributed by atoms with E-state index < -0.39 is 0 Å². The molecule has 0 spiro atoms. The molecule has 0 rings (SSSR count). The average molecular weight is 125 g/mol. The third kappa shape index (κ3) is 3.83. The maximum atomic E-state index is 3.78. The predicted molar refractivity (Wildman–Crippen MR) is 42.0 cm³/mol. The van der Waals surface area contributed by atoms with Gasteiger partial charge in [-0.05, 0) is 19.5 Å². The van der Waals surface area contributed by atoms with Crippen molar-refractivity contribution in [1.82, 2.24) is 4.90 Å². The molecule has 0 heterocycles. The van der Waals surface area contributed by atoms with E-state index in [9.17, 15) is 0 Å². The molecular weight excluding hydrogens is 110 g/mol. The van der Waals surface area contributed by atoms with Crippen LogP contribution >= 0.6 is 0 Å². The summed E-state index contributed by atoms with van der Waals surface area (Å²) in [5.74, 6) is 0. The highest BCUT2D eigenvalue weighted by Gasteiger charge is 1.85. The van der Waals surface area contributed by atoms with Crippen LogP contribution in [0.25, 0.3) is 0 Å². The SMILES string of the molecule is C=C(C)N(C)/C=C/CC. The molecule has 0 aromatic carbocycles. The van der Waals surface area contributed by atoms with Gasteiger partial charge in [-0.25, -0.2) is 0 Å². The quantitative estimate of drug-likeness (QED) is 0.559. The van der Waals surface area contributed by atoms with E-state index in [1.807, 2.05) is 25.1 Å². The second-order valence-corrected chi connectivity index (χ2v) is 2.14. The minimum Gasteiger partial charge on any atom is -0.356 e. The maximum Gasteiger partial charge on any atom is 0.0108 e. The van der Waals surface area contributed by atoms with Crippen molar-refractivity contribution in [2.45, 2.75) is 20.3 Å². The van der Waals surface area contributed by atoms with Gasteiger partial charge in [-0.2, -0.15) is 0 Å². The monoisotopic (exact) mass is 125 g/mol. The van der Waals surface area contributed by atoms with Crippen LogP contribution in [-0.2, 0) is 0 Å². The number of nitrogens with zero attached hydrogens (tertiary/aromatic N) is 1. The molecule has 1 heteroatoms. The zero-order chi connectivity index (χ0) is 7.28. The van der Waals surface area contributed by atoms with Crippen LogP contribution in [0.3, 0.4) is 0 Å². The van der Waals surface area contributed by atoms with Crippen LogP contribution in [0, 0.1) is 0 Å². The molecule has 0 unspecified atom stereocenters. The van der Waals surface area contributed by atoms with Crippen LogP contribution in [0.15, 0.2) is 24.6 Å². The lowest BCUT2D eigenvalue weighted by Gasteiger charge is -2.11. The van der Waals surface area contributed by atoms with E-state index in [2.05, 4.69) is 19.6 Å². The summed E-state index contributed by atoms with van der Waals surface area (Å²) in [6, 6.07) is 0. The number of hydrogen-bond acceptors (Lipinski definition) is 1. The number of rotatable bonds is 3. The second kappa shape index (κ2) is 4.19. The molecule has 0 radical (unpaired) electrons. The fourth-order valence-corrected chi connectivity index (χ4v) is 0.391. The zero-order valence-electron chi connectivity index (χ0n) is 6.52. The van der Waals surface area contributed by atoms with Gasteiger partial charge in [-0.15, -0.1) is 0 Å². The largest absolute Gasteiger partial charge is 0.356 e. The Morgan fingerprint density at radius 3 is 2.56 bits per heavy atom. The Morgan fingerprint density at radius 1 is 1.67 bits per heavy atom. The van der Waals surface area contributed by atoms with Crippen LogP contribution < -0.4 is 0 Å². The lowest BCUT2D eigenvalue weighted by molar-refractivity contribution is 0.571. The Balaban J connectivity index is 3.62. The molecule has 0 bridgehead atoms. The minimum atomic E-state index is 1.07. The first-order valence-electron chi connectivity index (χ1n) is 3.23. The van der Waals surface area contributed by atoms with E-state index in [1.54, 1.807) is 0 Å². The first-order chi connectivity index (χ1) is 4.18. The van der Waals surface area contributed by atoms with Crippen molar-refractivity contribution >= 4 is 0 Å². The van der Waals surface area contributed by atoms with Crippen molar-refractivity contribution in [3.05, 3.63) is 24.6 Å². The predicted octanol–water partition coefficient (Wildman–Crippen LogP) is 2.38. The third-order valence-electron chi connectivity index (χ3n) is 1.17. The lowest BCUT2D eigenvalue weighted by atomic mass is 10.4. The molecule has 0 aromatic heterocycles. The van der Waals surface area contributed by atoms with Crippen molar-refractivity contribution in [3.8, 4) is 0 Å². The van der Waals surface area contributed by atoms with Crippen LogP contribution in [0.5, 0.6) is 0 Å². The molecule has 0 aliphatic carbocycles. The first kappa shape index (κ1) is 8.28. The average Bonchev–Trinajstić information content (AvgIpc) is 1.82. The number of allylic oxidation sites excluding steroid dienone is 2. The van der Waals surface area contributed by atoms with Crippen LogP contribution in [0.2, 0.25) is 0 Å². The summed E-state index contributed by atoms with van der Waals surface area (Å²) >= 11 is 0. The van der Waals surface area contributed by atoms with E-state index in [0.29, 0.717) is 0 Å². The van der Waals surface area contributed by atoms with Gasteiger partial charge >= 0.3 is 0 Å². The van der Waals surface area contributed by atoms with Gasteiger partial charge in [0.05, 0.1) is 0 Å². The minimum absolute atomic E-state index is 1.07. The van der Waals surface area contributed by atoms with E-state index in [1.165, 1.54) is 0 Å². The number of hydrogen-bond donors (Lipinski definition) is 0. The van der Waals surface area contributed by atoms with Crippen molar-refractivity contribution < 1.29 is 0 Å². The topological polar surface area (TPSA) is 3.24 Å². The maximum absolute atomic E-state index is 3.78. The molecule has 0 saturated heterocycles. The summed E-state index contributed by atoms with van der Waals surface area (Å²) in [5.41, 5.74) is 1.07. The first-order valence-corrected chi connectivity index (χ1v) is 3.23. The van der Waals surface area contributed by atoms with Gasteiger partial charge in [0.15, 0.2) is 0 Å². The highest BCUT2D eigenvalue weighted by atomic mass is 15.1. The fourth-order valence-electron chi connectivity index (χ4n) is 0.391. The van der Waals surface area contributed by atoms with Gasteiger partial charge in [0.1, 0.15) is 0 Å². The Labute approximate surface area is 57.7 Å². The molecule has 0 atom stereocenters. The summed E-state index contributed by atoms with van der Waals surface area (Å²) in [4.78, 5) is 2.00. The van der Waals surface area contributed by atoms with Gasteiger partial charge in [-0.3, -0.25) is 0 Å². The molecule has 9 heavy (non-hydrogen) atoms. The molecule has 1 nitrogen and oxygen atoms in total. The smallest absolute Gasteiger partial charge is 0.0108 e. The van der Waals surface area contributed by atoms with Gasteiger partial charge in [-0.1, -0.05) is 19.6 Å². The van der Waals surface area contributed by atoms with Gasteiger partial charge in [0.2, 0.25) is 0 Å². The molecule has 0 aliphatic rings. The van der Waals surface area contributed by atoms with E-state index in [0.717, 1.165) is 12.1 Å². The molecule has 0 aromatic rings. The molecule has 0 aliphatic heterocycles. The van der Waals surface area contributed by atoms with Gasteiger partial charge < -0.3 is 4.90 Å². The summed E-state index contributed by atoms with van der Waals surface area (Å²) in [6.45, 7) is 7.88. The normalized spacial score (nSPS) is 10.1. The Hall–Kier alpha value is -0.720. The molecule has 0 fully saturated rings. The Morgan fingerprint density at radius 2 is 2.22 bits per heavy atom. The van der Waals surface area contributed by atoms with Crippen molar-refractivity contribution in [3.63, 3.8) is 0 Å². The van der Waals surface area contributed by atoms with Gasteiger partial charge in [0.25, 0.3) is 0 Å². The highest BCUT2D eigenvalue weighted by molar-refractivity contribution is 4.94. The second-order valence-electron chi connectivity index (χ2n) is 2.14. The van der Waals surface area contributed by atoms with Crippen molar-refractivity contribution in [1.29, 1.82) is 0 Å². The van der Waals surface area contributed by atoms with E-state index >= 15 is 0 Å². The molecule has 0 N–H and O–H groups in total. The van der Waals surface area contributed by atoms with E-state index in [4.69, 9.17) is 0 Å². The molecular formula is C8H15N. The van der Waals surface area contributed by atoms with Gasteiger partial charge in [0, 0.05) is 12.7 Å². The lowest BCUT2D eigenvalue weighted by Crippen LogP contribution is -2.05. The van der Waals surface area contributed by atoms with Crippen LogP contribution in [0.1, 0.15) is 20.3 Å². The third-order valence-corrected chi connectivity index (χ3v) is 1.17. The summed E-state index contributed by atoms with van der Waals surface area (Å²) < 4.78 is 0. The highest BCUT2D eigenvalue weighted by Crippen LogP contribution is 1.96. The Kier molecular flexibility index (Phi) is 3.85. The van der Waals surface area contributed by atoms with E-state index in [-0.39, 0.29) is 0 Å². The van der Waals surface area contributed by atoms with Crippen molar-refractivity contribution in [2.24, 2.45) is 0 Å². The zero-order valence-corrected chi connectivity index (χ0v) is 6.52. The summed E-state index contributed by atoms with van der Waals surface area (Å²) in [7, 11) is 1.99. The summed E-state index contributed by atoms with van der Waals surface area (Å²) in [5, 5.41) is 0. The molecule has 0 amide bonds. The molecule has 0 saturated carbocycles. The standard InChI is InChI=1S/C8H15N/c1-5-6-7-9(4)8(2)3/h6-7H,2,5H2,1,3-4H3/b7-6+.